The summed E-state index contributed by atoms with van der Waals surface area (Å²) in [6.07, 6.45) is 3.27. The molecular weight excluding hydrogens is 390 g/mol. The van der Waals surface area contributed by atoms with E-state index in [0.29, 0.717) is 29.1 Å². The number of aromatic nitrogens is 2. The number of ether oxygens (including phenoxy) is 2. The second-order valence-corrected chi connectivity index (χ2v) is 7.89. The molecule has 2 aromatic rings. The zero-order valence-corrected chi connectivity index (χ0v) is 19.0. The summed E-state index contributed by atoms with van der Waals surface area (Å²) in [4.78, 5) is 14.3. The van der Waals surface area contributed by atoms with Crippen LogP contribution in [0.4, 0.5) is 0 Å². The van der Waals surface area contributed by atoms with Gasteiger partial charge in [-0.3, -0.25) is 9.48 Å². The van der Waals surface area contributed by atoms with Gasteiger partial charge in [-0.1, -0.05) is 25.4 Å². The lowest BCUT2D eigenvalue weighted by Gasteiger charge is -2.18. The molecule has 0 atom stereocenters. The average Bonchev–Trinajstić information content (AvgIpc) is 2.93. The van der Waals surface area contributed by atoms with Gasteiger partial charge in [0.15, 0.2) is 11.5 Å². The summed E-state index contributed by atoms with van der Waals surface area (Å²) < 4.78 is 12.5. The number of methoxy groups -OCH3 is 2. The number of carbonyl (C=O) groups is 1. The van der Waals surface area contributed by atoms with E-state index in [0.717, 1.165) is 28.9 Å². The summed E-state index contributed by atoms with van der Waals surface area (Å²) >= 11 is 6.45. The molecule has 2 rings (SSSR count). The number of likely N-dealkylation sites (N-methyl/N-ethyl adjacent to an activating group) is 1. The molecule has 6 nitrogen and oxygen atoms in total. The zero-order valence-electron chi connectivity index (χ0n) is 18.2. The quantitative estimate of drug-likeness (QED) is 0.591. The fraction of sp³-hybridized carbons (Fsp3) is 0.455. The molecule has 0 aliphatic carbocycles. The Morgan fingerprint density at radius 2 is 1.86 bits per heavy atom. The van der Waals surface area contributed by atoms with Gasteiger partial charge in [0.05, 0.1) is 19.9 Å². The van der Waals surface area contributed by atoms with Crippen LogP contribution in [0.1, 0.15) is 36.2 Å². The van der Waals surface area contributed by atoms with Crippen molar-refractivity contribution in [3.8, 4) is 11.5 Å². The molecule has 158 valence electrons. The van der Waals surface area contributed by atoms with E-state index in [1.165, 1.54) is 6.08 Å². The minimum atomic E-state index is -0.119. The van der Waals surface area contributed by atoms with E-state index < -0.39 is 0 Å². The van der Waals surface area contributed by atoms with Crippen LogP contribution < -0.4 is 9.47 Å². The van der Waals surface area contributed by atoms with Gasteiger partial charge in [-0.05, 0) is 49.1 Å². The number of carbonyl (C=O) groups excluding carboxylic acids is 1. The second kappa shape index (κ2) is 9.83. The van der Waals surface area contributed by atoms with Crippen molar-refractivity contribution < 1.29 is 14.3 Å². The standard InChI is InChI=1S/C22H30ClN3O3/c1-14(2)12-26-22(23)18(16(4)24-26)8-9-21(27)25(5)13-17-11-20(29-7)19(28-6)10-15(17)3/h8-11,14H,12-13H2,1-7H3/b9-8+. The van der Waals surface area contributed by atoms with E-state index in [4.69, 9.17) is 21.1 Å². The van der Waals surface area contributed by atoms with Gasteiger partial charge >= 0.3 is 0 Å². The first-order valence-corrected chi connectivity index (χ1v) is 9.93. The summed E-state index contributed by atoms with van der Waals surface area (Å²) in [6, 6.07) is 3.81. The summed E-state index contributed by atoms with van der Waals surface area (Å²) in [7, 11) is 4.97. The molecular formula is C22H30ClN3O3. The zero-order chi connectivity index (χ0) is 21.7. The fourth-order valence-electron chi connectivity index (χ4n) is 3.03. The van der Waals surface area contributed by atoms with Crippen LogP contribution >= 0.6 is 11.6 Å². The minimum absolute atomic E-state index is 0.119. The third-order valence-corrected chi connectivity index (χ3v) is 5.06. The summed E-state index contributed by atoms with van der Waals surface area (Å²) in [6.45, 7) is 9.28. The van der Waals surface area contributed by atoms with E-state index in [9.17, 15) is 4.79 Å². The first-order chi connectivity index (χ1) is 13.7. The Kier molecular flexibility index (Phi) is 7.73. The predicted molar refractivity (Wildman–Crippen MR) is 117 cm³/mol. The molecule has 1 aromatic carbocycles. The molecule has 0 spiro atoms. The van der Waals surface area contributed by atoms with Crippen molar-refractivity contribution in [3.05, 3.63) is 45.7 Å². The molecule has 0 aliphatic heterocycles. The van der Waals surface area contributed by atoms with E-state index in [1.807, 2.05) is 26.0 Å². The summed E-state index contributed by atoms with van der Waals surface area (Å²) in [5.74, 6) is 1.63. The molecule has 0 unspecified atom stereocenters. The number of amides is 1. The van der Waals surface area contributed by atoms with Gasteiger partial charge < -0.3 is 14.4 Å². The molecule has 0 bridgehead atoms. The maximum atomic E-state index is 12.6. The van der Waals surface area contributed by atoms with Crippen molar-refractivity contribution >= 4 is 23.6 Å². The van der Waals surface area contributed by atoms with E-state index >= 15 is 0 Å². The van der Waals surface area contributed by atoms with Crippen molar-refractivity contribution in [2.75, 3.05) is 21.3 Å². The predicted octanol–water partition coefficient (Wildman–Crippen LogP) is 4.50. The Hall–Kier alpha value is -2.47. The van der Waals surface area contributed by atoms with Crippen LogP contribution in [0.15, 0.2) is 18.2 Å². The lowest BCUT2D eigenvalue weighted by atomic mass is 10.1. The fourth-order valence-corrected chi connectivity index (χ4v) is 3.34. The second-order valence-electron chi connectivity index (χ2n) is 7.53. The highest BCUT2D eigenvalue weighted by Crippen LogP contribution is 2.30. The number of rotatable bonds is 8. The number of aryl methyl sites for hydroxylation is 2. The van der Waals surface area contributed by atoms with Crippen LogP contribution in [0.3, 0.4) is 0 Å². The Morgan fingerprint density at radius 1 is 1.24 bits per heavy atom. The largest absolute Gasteiger partial charge is 0.493 e. The molecule has 0 fully saturated rings. The molecule has 0 radical (unpaired) electrons. The highest BCUT2D eigenvalue weighted by molar-refractivity contribution is 6.31. The van der Waals surface area contributed by atoms with E-state index in [2.05, 4.69) is 18.9 Å². The van der Waals surface area contributed by atoms with E-state index in [1.54, 1.807) is 36.9 Å². The smallest absolute Gasteiger partial charge is 0.246 e. The van der Waals surface area contributed by atoms with Crippen LogP contribution in [0, 0.1) is 19.8 Å². The number of hydrogen-bond acceptors (Lipinski definition) is 4. The van der Waals surface area contributed by atoms with Crippen molar-refractivity contribution in [1.82, 2.24) is 14.7 Å². The van der Waals surface area contributed by atoms with Crippen LogP contribution in [0.25, 0.3) is 6.08 Å². The van der Waals surface area contributed by atoms with Gasteiger partial charge in [-0.25, -0.2) is 0 Å². The van der Waals surface area contributed by atoms with Gasteiger partial charge in [0.2, 0.25) is 5.91 Å². The Labute approximate surface area is 178 Å². The SMILES string of the molecule is COc1cc(C)c(CN(C)C(=O)/C=C/c2c(C)nn(CC(C)C)c2Cl)cc1OC. The third-order valence-electron chi connectivity index (χ3n) is 4.67. The highest BCUT2D eigenvalue weighted by Gasteiger charge is 2.15. The maximum Gasteiger partial charge on any atom is 0.246 e. The lowest BCUT2D eigenvalue weighted by Crippen LogP contribution is -2.24. The highest BCUT2D eigenvalue weighted by atomic mass is 35.5. The molecule has 1 amide bonds. The van der Waals surface area contributed by atoms with Crippen molar-refractivity contribution in [3.63, 3.8) is 0 Å². The molecule has 0 N–H and O–H groups in total. The van der Waals surface area contributed by atoms with Crippen LogP contribution in [-0.4, -0.2) is 41.9 Å². The Balaban J connectivity index is 2.15. The lowest BCUT2D eigenvalue weighted by molar-refractivity contribution is -0.125. The minimum Gasteiger partial charge on any atom is -0.493 e. The molecule has 0 aliphatic rings. The van der Waals surface area contributed by atoms with Crippen LogP contribution in [0.5, 0.6) is 11.5 Å². The average molecular weight is 420 g/mol. The summed E-state index contributed by atoms with van der Waals surface area (Å²) in [5.41, 5.74) is 3.60. The van der Waals surface area contributed by atoms with Crippen molar-refractivity contribution in [2.45, 2.75) is 40.8 Å². The molecule has 1 heterocycles. The number of hydrogen-bond donors (Lipinski definition) is 0. The first-order valence-electron chi connectivity index (χ1n) is 9.55. The number of halogens is 1. The molecule has 0 saturated heterocycles. The molecule has 0 saturated carbocycles. The maximum absolute atomic E-state index is 12.6. The molecule has 1 aromatic heterocycles. The number of nitrogens with zero attached hydrogens (tertiary/aromatic N) is 3. The Morgan fingerprint density at radius 3 is 2.45 bits per heavy atom. The van der Waals surface area contributed by atoms with Crippen LogP contribution in [-0.2, 0) is 17.9 Å². The van der Waals surface area contributed by atoms with Gasteiger partial charge in [0, 0.05) is 31.8 Å². The van der Waals surface area contributed by atoms with Gasteiger partial charge in [-0.2, -0.15) is 5.10 Å². The monoisotopic (exact) mass is 419 g/mol. The van der Waals surface area contributed by atoms with Crippen molar-refractivity contribution in [2.24, 2.45) is 5.92 Å². The Bertz CT molecular complexity index is 903. The van der Waals surface area contributed by atoms with Gasteiger partial charge in [-0.15, -0.1) is 0 Å². The van der Waals surface area contributed by atoms with Gasteiger partial charge in [0.25, 0.3) is 0 Å². The molecule has 7 heteroatoms. The topological polar surface area (TPSA) is 56.6 Å². The number of benzene rings is 1. The first kappa shape index (κ1) is 22.8. The van der Waals surface area contributed by atoms with Gasteiger partial charge in [0.1, 0.15) is 5.15 Å². The van der Waals surface area contributed by atoms with Crippen LogP contribution in [0.2, 0.25) is 5.15 Å². The molecule has 29 heavy (non-hydrogen) atoms. The normalized spacial score (nSPS) is 11.3. The third kappa shape index (κ3) is 5.54. The van der Waals surface area contributed by atoms with Crippen molar-refractivity contribution in [1.29, 1.82) is 0 Å². The summed E-state index contributed by atoms with van der Waals surface area (Å²) in [5, 5.41) is 5.02. The van der Waals surface area contributed by atoms with E-state index in [-0.39, 0.29) is 5.91 Å².